The molecule has 0 amide bonds. The molecule has 0 heterocycles. The molecule has 0 aliphatic heterocycles. The van der Waals surface area contributed by atoms with Crippen LogP contribution in [0.2, 0.25) is 0 Å². The molecule has 112 valence electrons. The van der Waals surface area contributed by atoms with Crippen LogP contribution in [-0.4, -0.2) is 11.1 Å². The molecule has 2 aromatic carbocycles. The molecule has 1 aliphatic carbocycles. The summed E-state index contributed by atoms with van der Waals surface area (Å²) < 4.78 is 5.85. The quantitative estimate of drug-likeness (QED) is 0.819. The first-order valence-electron chi connectivity index (χ1n) is 7.45. The molecular formula is C19H18O3. The Morgan fingerprint density at radius 2 is 1.77 bits per heavy atom. The number of hydrogen-bond acceptors (Lipinski definition) is 2. The molecule has 2 aromatic rings. The van der Waals surface area contributed by atoms with Crippen LogP contribution in [0.5, 0.6) is 11.5 Å². The predicted octanol–water partition coefficient (Wildman–Crippen LogP) is 4.61. The first kappa shape index (κ1) is 14.4. The number of aliphatic carboxylic acids is 1. The Bertz CT molecular complexity index is 670. The van der Waals surface area contributed by atoms with Gasteiger partial charge in [0.25, 0.3) is 0 Å². The average Bonchev–Trinajstić information content (AvgIpc) is 2.47. The highest BCUT2D eigenvalue weighted by molar-refractivity contribution is 5.79. The first-order chi connectivity index (χ1) is 10.7. The molecule has 1 N–H and O–H groups in total. The SMILES string of the molecule is O=C(O)/C=C/[C@H]1C[C@H](c2cccc(Oc3ccccc3)c2)C1. The van der Waals surface area contributed by atoms with Gasteiger partial charge in [0.15, 0.2) is 0 Å². The van der Waals surface area contributed by atoms with E-state index in [-0.39, 0.29) is 0 Å². The zero-order chi connectivity index (χ0) is 15.4. The molecule has 22 heavy (non-hydrogen) atoms. The van der Waals surface area contributed by atoms with E-state index in [2.05, 4.69) is 12.1 Å². The highest BCUT2D eigenvalue weighted by atomic mass is 16.5. The Balaban J connectivity index is 1.62. The lowest BCUT2D eigenvalue weighted by molar-refractivity contribution is -0.131. The van der Waals surface area contributed by atoms with Gasteiger partial charge in [0.05, 0.1) is 0 Å². The molecule has 3 rings (SSSR count). The van der Waals surface area contributed by atoms with Crippen LogP contribution in [0.15, 0.2) is 66.7 Å². The number of rotatable bonds is 5. The fourth-order valence-corrected chi connectivity index (χ4v) is 2.77. The van der Waals surface area contributed by atoms with Crippen LogP contribution in [-0.2, 0) is 4.79 Å². The van der Waals surface area contributed by atoms with Crippen molar-refractivity contribution in [3.8, 4) is 11.5 Å². The summed E-state index contributed by atoms with van der Waals surface area (Å²) in [5.41, 5.74) is 1.26. The molecule has 0 aromatic heterocycles. The van der Waals surface area contributed by atoms with E-state index in [0.29, 0.717) is 11.8 Å². The fourth-order valence-electron chi connectivity index (χ4n) is 2.77. The van der Waals surface area contributed by atoms with Gasteiger partial charge >= 0.3 is 5.97 Å². The molecule has 0 bridgehead atoms. The molecule has 0 atom stereocenters. The van der Waals surface area contributed by atoms with E-state index in [1.807, 2.05) is 42.5 Å². The van der Waals surface area contributed by atoms with Crippen LogP contribution in [0.25, 0.3) is 0 Å². The summed E-state index contributed by atoms with van der Waals surface area (Å²) in [6.45, 7) is 0. The largest absolute Gasteiger partial charge is 0.478 e. The Labute approximate surface area is 129 Å². The van der Waals surface area contributed by atoms with Gasteiger partial charge in [0.2, 0.25) is 0 Å². The van der Waals surface area contributed by atoms with Gasteiger partial charge in [-0.15, -0.1) is 0 Å². The molecule has 1 fully saturated rings. The topological polar surface area (TPSA) is 46.5 Å². The van der Waals surface area contributed by atoms with E-state index in [1.54, 1.807) is 6.08 Å². The Morgan fingerprint density at radius 1 is 1.05 bits per heavy atom. The maximum absolute atomic E-state index is 10.5. The van der Waals surface area contributed by atoms with E-state index in [4.69, 9.17) is 9.84 Å². The van der Waals surface area contributed by atoms with Crippen molar-refractivity contribution in [2.45, 2.75) is 18.8 Å². The van der Waals surface area contributed by atoms with Crippen LogP contribution in [0, 0.1) is 5.92 Å². The molecule has 0 radical (unpaired) electrons. The lowest BCUT2D eigenvalue weighted by Crippen LogP contribution is -2.20. The summed E-state index contributed by atoms with van der Waals surface area (Å²) in [7, 11) is 0. The van der Waals surface area contributed by atoms with Crippen molar-refractivity contribution in [3.05, 3.63) is 72.3 Å². The summed E-state index contributed by atoms with van der Waals surface area (Å²) in [6, 6.07) is 17.9. The Kier molecular flexibility index (Phi) is 4.24. The first-order valence-corrected chi connectivity index (χ1v) is 7.45. The summed E-state index contributed by atoms with van der Waals surface area (Å²) in [6.07, 6.45) is 5.04. The maximum Gasteiger partial charge on any atom is 0.327 e. The van der Waals surface area contributed by atoms with E-state index in [9.17, 15) is 4.79 Å². The monoisotopic (exact) mass is 294 g/mol. The minimum atomic E-state index is -0.873. The second-order valence-electron chi connectivity index (χ2n) is 5.61. The van der Waals surface area contributed by atoms with Gasteiger partial charge in [-0.1, -0.05) is 36.4 Å². The van der Waals surface area contributed by atoms with E-state index < -0.39 is 5.97 Å². The smallest absolute Gasteiger partial charge is 0.327 e. The molecule has 3 heteroatoms. The molecule has 0 saturated heterocycles. The van der Waals surface area contributed by atoms with Crippen LogP contribution in [0.3, 0.4) is 0 Å². The standard InChI is InChI=1S/C19H18O3/c20-19(21)10-9-14-11-16(12-14)15-5-4-8-18(13-15)22-17-6-2-1-3-7-17/h1-10,13-14,16H,11-12H2,(H,20,21)/b10-9+/t14-,16-. The summed E-state index contributed by atoms with van der Waals surface area (Å²) in [5, 5.41) is 8.64. The van der Waals surface area contributed by atoms with Gasteiger partial charge in [-0.05, 0) is 54.5 Å². The zero-order valence-corrected chi connectivity index (χ0v) is 12.2. The van der Waals surface area contributed by atoms with Gasteiger partial charge in [0, 0.05) is 6.08 Å². The minimum absolute atomic E-state index is 0.375. The third-order valence-electron chi connectivity index (χ3n) is 3.99. The molecule has 3 nitrogen and oxygen atoms in total. The Hall–Kier alpha value is -2.55. The van der Waals surface area contributed by atoms with Crippen molar-refractivity contribution in [2.75, 3.05) is 0 Å². The number of hydrogen-bond donors (Lipinski definition) is 1. The van der Waals surface area contributed by atoms with E-state index in [1.165, 1.54) is 11.6 Å². The third-order valence-corrected chi connectivity index (χ3v) is 3.99. The maximum atomic E-state index is 10.5. The van der Waals surface area contributed by atoms with E-state index >= 15 is 0 Å². The van der Waals surface area contributed by atoms with Gasteiger partial charge < -0.3 is 9.84 Å². The zero-order valence-electron chi connectivity index (χ0n) is 12.2. The number of allylic oxidation sites excluding steroid dienone is 1. The van der Waals surface area contributed by atoms with Crippen LogP contribution in [0.4, 0.5) is 0 Å². The van der Waals surface area contributed by atoms with Crippen molar-refractivity contribution < 1.29 is 14.6 Å². The van der Waals surface area contributed by atoms with Gasteiger partial charge in [-0.25, -0.2) is 4.79 Å². The average molecular weight is 294 g/mol. The number of para-hydroxylation sites is 1. The molecular weight excluding hydrogens is 276 g/mol. The minimum Gasteiger partial charge on any atom is -0.478 e. The van der Waals surface area contributed by atoms with Gasteiger partial charge in [0.1, 0.15) is 11.5 Å². The van der Waals surface area contributed by atoms with Gasteiger partial charge in [-0.2, -0.15) is 0 Å². The fraction of sp³-hybridized carbons (Fsp3) is 0.211. The number of carbonyl (C=O) groups is 1. The van der Waals surface area contributed by atoms with Crippen molar-refractivity contribution >= 4 is 5.97 Å². The predicted molar refractivity (Wildman–Crippen MR) is 85.2 cm³/mol. The van der Waals surface area contributed by atoms with Crippen molar-refractivity contribution in [1.82, 2.24) is 0 Å². The number of benzene rings is 2. The van der Waals surface area contributed by atoms with Crippen molar-refractivity contribution in [2.24, 2.45) is 5.92 Å². The number of carboxylic acids is 1. The number of ether oxygens (including phenoxy) is 1. The Morgan fingerprint density at radius 3 is 2.50 bits per heavy atom. The van der Waals surface area contributed by atoms with Crippen molar-refractivity contribution in [3.63, 3.8) is 0 Å². The lowest BCUT2D eigenvalue weighted by Gasteiger charge is -2.33. The second-order valence-corrected chi connectivity index (χ2v) is 5.61. The highest BCUT2D eigenvalue weighted by Gasteiger charge is 2.28. The summed E-state index contributed by atoms with van der Waals surface area (Å²) >= 11 is 0. The van der Waals surface area contributed by atoms with Crippen LogP contribution >= 0.6 is 0 Å². The summed E-state index contributed by atoms with van der Waals surface area (Å²) in [4.78, 5) is 10.5. The normalized spacial score (nSPS) is 20.5. The molecule has 1 saturated carbocycles. The van der Waals surface area contributed by atoms with Crippen molar-refractivity contribution in [1.29, 1.82) is 0 Å². The second kappa shape index (κ2) is 6.48. The highest BCUT2D eigenvalue weighted by Crippen LogP contribution is 2.43. The van der Waals surface area contributed by atoms with Crippen LogP contribution in [0.1, 0.15) is 24.3 Å². The van der Waals surface area contributed by atoms with E-state index in [0.717, 1.165) is 24.3 Å². The van der Waals surface area contributed by atoms with Crippen LogP contribution < -0.4 is 4.74 Å². The third kappa shape index (κ3) is 3.55. The molecule has 0 spiro atoms. The van der Waals surface area contributed by atoms with Gasteiger partial charge in [-0.3, -0.25) is 0 Å². The lowest BCUT2D eigenvalue weighted by atomic mass is 9.71. The molecule has 0 unspecified atom stereocenters. The summed E-state index contributed by atoms with van der Waals surface area (Å²) in [5.74, 6) is 1.66. The molecule has 1 aliphatic rings. The number of carboxylic acid groups (broad SMARTS) is 1.